The molecule has 1 unspecified atom stereocenters. The van der Waals surface area contributed by atoms with Gasteiger partial charge < -0.3 is 15.2 Å². The van der Waals surface area contributed by atoms with Crippen LogP contribution < -0.4 is 10.1 Å². The number of aliphatic hydroxyl groups is 1. The van der Waals surface area contributed by atoms with Gasteiger partial charge in [0.1, 0.15) is 5.75 Å². The lowest BCUT2D eigenvalue weighted by Crippen LogP contribution is -2.32. The Hall–Kier alpha value is -1.84. The van der Waals surface area contributed by atoms with Crippen LogP contribution in [0.25, 0.3) is 0 Å². The van der Waals surface area contributed by atoms with Crippen molar-refractivity contribution in [2.24, 2.45) is 0 Å². The summed E-state index contributed by atoms with van der Waals surface area (Å²) < 4.78 is 5.23. The second kappa shape index (κ2) is 7.81. The molecular weight excluding hydrogens is 262 g/mol. The zero-order valence-electron chi connectivity index (χ0n) is 12.6. The number of aliphatic hydroxyl groups excluding tert-OH is 1. The van der Waals surface area contributed by atoms with Gasteiger partial charge in [-0.2, -0.15) is 0 Å². The molecule has 0 heterocycles. The molecule has 0 aromatic heterocycles. The Labute approximate surface area is 126 Å². The van der Waals surface area contributed by atoms with Crippen molar-refractivity contribution in [3.05, 3.63) is 65.7 Å². The molecule has 2 aromatic rings. The van der Waals surface area contributed by atoms with E-state index in [0.29, 0.717) is 6.54 Å². The lowest BCUT2D eigenvalue weighted by Gasteiger charge is -2.17. The van der Waals surface area contributed by atoms with Crippen molar-refractivity contribution in [3.8, 4) is 5.75 Å². The van der Waals surface area contributed by atoms with Crippen molar-refractivity contribution in [1.82, 2.24) is 5.32 Å². The van der Waals surface area contributed by atoms with Crippen molar-refractivity contribution in [2.75, 3.05) is 13.7 Å². The van der Waals surface area contributed by atoms with Crippen molar-refractivity contribution in [3.63, 3.8) is 0 Å². The number of methoxy groups -OCH3 is 1. The summed E-state index contributed by atoms with van der Waals surface area (Å²) in [6.07, 6.45) is 0.428. The average molecular weight is 285 g/mol. The molecule has 0 fully saturated rings. The second-order valence-corrected chi connectivity index (χ2v) is 5.29. The van der Waals surface area contributed by atoms with E-state index in [1.165, 1.54) is 5.56 Å². The number of ether oxygens (including phenoxy) is 1. The monoisotopic (exact) mass is 285 g/mol. The lowest BCUT2D eigenvalue weighted by atomic mass is 10.1. The minimum Gasteiger partial charge on any atom is -0.497 e. The molecule has 0 aliphatic carbocycles. The van der Waals surface area contributed by atoms with E-state index in [-0.39, 0.29) is 6.04 Å². The summed E-state index contributed by atoms with van der Waals surface area (Å²) in [5, 5.41) is 13.5. The van der Waals surface area contributed by atoms with Crippen LogP contribution in [0.1, 0.15) is 24.2 Å². The van der Waals surface area contributed by atoms with Gasteiger partial charge >= 0.3 is 0 Å². The molecule has 0 saturated heterocycles. The summed E-state index contributed by atoms with van der Waals surface area (Å²) in [5.74, 6) is 0.879. The molecule has 0 saturated carbocycles. The Kier molecular flexibility index (Phi) is 5.78. The molecule has 112 valence electrons. The molecule has 0 bridgehead atoms. The van der Waals surface area contributed by atoms with E-state index in [4.69, 9.17) is 4.74 Å². The molecule has 0 aliphatic heterocycles. The van der Waals surface area contributed by atoms with Crippen molar-refractivity contribution in [1.29, 1.82) is 0 Å². The highest BCUT2D eigenvalue weighted by Gasteiger charge is 2.09. The van der Waals surface area contributed by atoms with Gasteiger partial charge in [0.25, 0.3) is 0 Å². The maximum Gasteiger partial charge on any atom is 0.119 e. The Morgan fingerprint density at radius 3 is 2.57 bits per heavy atom. The molecule has 2 N–H and O–H groups in total. The van der Waals surface area contributed by atoms with Gasteiger partial charge in [-0.1, -0.05) is 42.5 Å². The fourth-order valence-corrected chi connectivity index (χ4v) is 2.33. The van der Waals surface area contributed by atoms with Gasteiger partial charge in [-0.25, -0.2) is 0 Å². The van der Waals surface area contributed by atoms with Gasteiger partial charge in [-0.05, 0) is 36.6 Å². The summed E-state index contributed by atoms with van der Waals surface area (Å²) in [5.41, 5.74) is 2.17. The van der Waals surface area contributed by atoms with Crippen LogP contribution in [0.5, 0.6) is 5.75 Å². The third kappa shape index (κ3) is 4.88. The fourth-order valence-electron chi connectivity index (χ4n) is 2.33. The highest BCUT2D eigenvalue weighted by molar-refractivity contribution is 5.28. The normalized spacial score (nSPS) is 13.7. The summed E-state index contributed by atoms with van der Waals surface area (Å²) in [6.45, 7) is 2.67. The Morgan fingerprint density at radius 2 is 1.86 bits per heavy atom. The Bertz CT molecular complexity index is 542. The zero-order chi connectivity index (χ0) is 15.1. The summed E-state index contributed by atoms with van der Waals surface area (Å²) in [6, 6.07) is 18.1. The number of benzene rings is 2. The van der Waals surface area contributed by atoms with Crippen molar-refractivity contribution in [2.45, 2.75) is 25.5 Å². The summed E-state index contributed by atoms with van der Waals surface area (Å²) >= 11 is 0. The first-order valence-corrected chi connectivity index (χ1v) is 7.28. The molecule has 0 spiro atoms. The van der Waals surface area contributed by atoms with E-state index in [1.54, 1.807) is 7.11 Å². The molecule has 0 amide bonds. The third-order valence-electron chi connectivity index (χ3n) is 3.52. The SMILES string of the molecule is COc1cccc(CC(C)NC[C@H](O)c2ccccc2)c1. The van der Waals surface area contributed by atoms with Crippen LogP contribution >= 0.6 is 0 Å². The number of hydrogen-bond acceptors (Lipinski definition) is 3. The standard InChI is InChI=1S/C18H23NO2/c1-14(11-15-7-6-10-17(12-15)21-2)19-13-18(20)16-8-4-3-5-9-16/h3-10,12,14,18-20H,11,13H2,1-2H3/t14?,18-/m0/s1. The van der Waals surface area contributed by atoms with Gasteiger partial charge in [0.05, 0.1) is 13.2 Å². The smallest absolute Gasteiger partial charge is 0.119 e. The van der Waals surface area contributed by atoms with Crippen LogP contribution in [0.15, 0.2) is 54.6 Å². The van der Waals surface area contributed by atoms with Gasteiger partial charge in [-0.3, -0.25) is 0 Å². The molecule has 2 atom stereocenters. The predicted octanol–water partition coefficient (Wildman–Crippen LogP) is 2.95. The van der Waals surface area contributed by atoms with E-state index in [0.717, 1.165) is 17.7 Å². The quantitative estimate of drug-likeness (QED) is 0.822. The highest BCUT2D eigenvalue weighted by atomic mass is 16.5. The Balaban J connectivity index is 1.83. The maximum absolute atomic E-state index is 10.1. The molecule has 2 aromatic carbocycles. The summed E-state index contributed by atoms with van der Waals surface area (Å²) in [7, 11) is 1.68. The molecule has 21 heavy (non-hydrogen) atoms. The van der Waals surface area contributed by atoms with E-state index in [9.17, 15) is 5.11 Å². The second-order valence-electron chi connectivity index (χ2n) is 5.29. The minimum absolute atomic E-state index is 0.287. The fraction of sp³-hybridized carbons (Fsp3) is 0.333. The van der Waals surface area contributed by atoms with Crippen LogP contribution in [0, 0.1) is 0 Å². The van der Waals surface area contributed by atoms with E-state index in [1.807, 2.05) is 48.5 Å². The first-order chi connectivity index (χ1) is 10.2. The first-order valence-electron chi connectivity index (χ1n) is 7.28. The van der Waals surface area contributed by atoms with Gasteiger partial charge in [0.2, 0.25) is 0 Å². The minimum atomic E-state index is -0.473. The van der Waals surface area contributed by atoms with Crippen LogP contribution in [0.3, 0.4) is 0 Å². The maximum atomic E-state index is 10.1. The predicted molar refractivity (Wildman–Crippen MR) is 85.6 cm³/mol. The molecular formula is C18H23NO2. The molecule has 3 heteroatoms. The first kappa shape index (κ1) is 15.5. The number of hydrogen-bond donors (Lipinski definition) is 2. The van der Waals surface area contributed by atoms with Crippen LogP contribution in [0.2, 0.25) is 0 Å². The molecule has 3 nitrogen and oxygen atoms in total. The van der Waals surface area contributed by atoms with Crippen LogP contribution in [-0.4, -0.2) is 24.8 Å². The summed E-state index contributed by atoms with van der Waals surface area (Å²) in [4.78, 5) is 0. The zero-order valence-corrected chi connectivity index (χ0v) is 12.6. The Morgan fingerprint density at radius 1 is 1.10 bits per heavy atom. The van der Waals surface area contributed by atoms with Crippen LogP contribution in [-0.2, 0) is 6.42 Å². The topological polar surface area (TPSA) is 41.5 Å². The van der Waals surface area contributed by atoms with E-state index in [2.05, 4.69) is 18.3 Å². The lowest BCUT2D eigenvalue weighted by molar-refractivity contribution is 0.170. The number of nitrogens with one attached hydrogen (secondary N) is 1. The highest BCUT2D eigenvalue weighted by Crippen LogP contribution is 2.15. The average Bonchev–Trinajstić information content (AvgIpc) is 2.53. The van der Waals surface area contributed by atoms with E-state index >= 15 is 0 Å². The third-order valence-corrected chi connectivity index (χ3v) is 3.52. The number of rotatable bonds is 7. The largest absolute Gasteiger partial charge is 0.497 e. The molecule has 0 radical (unpaired) electrons. The van der Waals surface area contributed by atoms with Gasteiger partial charge in [-0.15, -0.1) is 0 Å². The van der Waals surface area contributed by atoms with Crippen LogP contribution in [0.4, 0.5) is 0 Å². The van der Waals surface area contributed by atoms with Gasteiger partial charge in [0, 0.05) is 12.6 Å². The van der Waals surface area contributed by atoms with Gasteiger partial charge in [0.15, 0.2) is 0 Å². The van der Waals surface area contributed by atoms with Crippen molar-refractivity contribution >= 4 is 0 Å². The van der Waals surface area contributed by atoms with Crippen molar-refractivity contribution < 1.29 is 9.84 Å². The molecule has 2 rings (SSSR count). The van der Waals surface area contributed by atoms with E-state index < -0.39 is 6.10 Å². The molecule has 0 aliphatic rings.